The molecule has 0 saturated carbocycles. The summed E-state index contributed by atoms with van der Waals surface area (Å²) in [6, 6.07) is 12.3. The average Bonchev–Trinajstić information content (AvgIpc) is 2.49. The maximum Gasteiger partial charge on any atom is 0.120 e. The largest absolute Gasteiger partial charge is 0.487 e. The first-order valence-electron chi connectivity index (χ1n) is 7.15. The van der Waals surface area contributed by atoms with Gasteiger partial charge in [-0.15, -0.1) is 0 Å². The van der Waals surface area contributed by atoms with Crippen molar-refractivity contribution < 1.29 is 4.74 Å². The lowest BCUT2D eigenvalue weighted by molar-refractivity contribution is 0.0556. The van der Waals surface area contributed by atoms with Gasteiger partial charge in [0.25, 0.3) is 0 Å². The highest BCUT2D eigenvalue weighted by molar-refractivity contribution is 5.62. The van der Waals surface area contributed by atoms with E-state index in [0.29, 0.717) is 0 Å². The number of ether oxygens (including phenoxy) is 1. The van der Waals surface area contributed by atoms with E-state index in [1.807, 2.05) is 12.3 Å². The number of nitrogens with zero attached hydrogens (tertiary/aromatic N) is 1. The third-order valence-corrected chi connectivity index (χ3v) is 3.87. The number of piperidine rings is 1. The van der Waals surface area contributed by atoms with Gasteiger partial charge < -0.3 is 10.1 Å². The fourth-order valence-electron chi connectivity index (χ4n) is 2.59. The topological polar surface area (TPSA) is 34.1 Å². The molecule has 0 radical (unpaired) electrons. The van der Waals surface area contributed by atoms with Crippen LogP contribution in [0.2, 0.25) is 0 Å². The Morgan fingerprint density at radius 2 is 1.80 bits per heavy atom. The van der Waals surface area contributed by atoms with Crippen LogP contribution in [-0.4, -0.2) is 23.7 Å². The van der Waals surface area contributed by atoms with Crippen LogP contribution in [0.4, 0.5) is 0 Å². The van der Waals surface area contributed by atoms with Crippen LogP contribution in [0.1, 0.15) is 19.8 Å². The molecule has 3 heteroatoms. The molecule has 1 aromatic heterocycles. The Labute approximate surface area is 120 Å². The van der Waals surface area contributed by atoms with Gasteiger partial charge in [0.05, 0.1) is 0 Å². The van der Waals surface area contributed by atoms with E-state index in [0.717, 1.165) is 37.2 Å². The van der Waals surface area contributed by atoms with Gasteiger partial charge in [-0.2, -0.15) is 0 Å². The highest BCUT2D eigenvalue weighted by Crippen LogP contribution is 2.28. The van der Waals surface area contributed by atoms with Crippen LogP contribution in [0.5, 0.6) is 5.75 Å². The summed E-state index contributed by atoms with van der Waals surface area (Å²) in [5, 5.41) is 3.37. The molecule has 0 unspecified atom stereocenters. The minimum absolute atomic E-state index is 0.0406. The fraction of sp³-hybridized carbons (Fsp3) is 0.353. The molecule has 104 valence electrons. The number of rotatable bonds is 3. The van der Waals surface area contributed by atoms with Crippen molar-refractivity contribution in [1.82, 2.24) is 10.3 Å². The monoisotopic (exact) mass is 268 g/mol. The van der Waals surface area contributed by atoms with Crippen LogP contribution in [0.25, 0.3) is 11.1 Å². The number of aromatic nitrogens is 1. The molecule has 1 saturated heterocycles. The molecule has 1 aliphatic heterocycles. The van der Waals surface area contributed by atoms with E-state index >= 15 is 0 Å². The molecular formula is C17H20N2O. The summed E-state index contributed by atoms with van der Waals surface area (Å²) in [6.45, 7) is 4.26. The number of pyridine rings is 1. The number of hydrogen-bond acceptors (Lipinski definition) is 3. The van der Waals surface area contributed by atoms with Crippen molar-refractivity contribution in [2.24, 2.45) is 0 Å². The van der Waals surface area contributed by atoms with Gasteiger partial charge in [-0.1, -0.05) is 18.2 Å². The molecule has 3 rings (SSSR count). The summed E-state index contributed by atoms with van der Waals surface area (Å²) < 4.78 is 6.18. The quantitative estimate of drug-likeness (QED) is 0.927. The smallest absolute Gasteiger partial charge is 0.120 e. The number of benzene rings is 1. The first-order chi connectivity index (χ1) is 9.75. The molecule has 0 amide bonds. The Bertz CT molecular complexity index is 545. The maximum absolute atomic E-state index is 6.18. The lowest BCUT2D eigenvalue weighted by atomic mass is 9.94. The van der Waals surface area contributed by atoms with E-state index in [-0.39, 0.29) is 5.60 Å². The molecule has 2 heterocycles. The fourth-order valence-corrected chi connectivity index (χ4v) is 2.59. The lowest BCUT2D eigenvalue weighted by Crippen LogP contribution is -2.43. The highest BCUT2D eigenvalue weighted by atomic mass is 16.5. The Morgan fingerprint density at radius 3 is 2.45 bits per heavy atom. The van der Waals surface area contributed by atoms with Crippen molar-refractivity contribution in [2.75, 3.05) is 13.1 Å². The van der Waals surface area contributed by atoms with Crippen LogP contribution < -0.4 is 10.1 Å². The van der Waals surface area contributed by atoms with Gasteiger partial charge in [0.15, 0.2) is 0 Å². The van der Waals surface area contributed by atoms with Gasteiger partial charge >= 0.3 is 0 Å². The van der Waals surface area contributed by atoms with Gasteiger partial charge in [0, 0.05) is 12.4 Å². The van der Waals surface area contributed by atoms with E-state index in [1.165, 1.54) is 5.56 Å². The third kappa shape index (κ3) is 2.99. The molecule has 1 fully saturated rings. The summed E-state index contributed by atoms with van der Waals surface area (Å²) in [5.41, 5.74) is 2.26. The zero-order valence-corrected chi connectivity index (χ0v) is 11.8. The highest BCUT2D eigenvalue weighted by Gasteiger charge is 2.28. The Balaban J connectivity index is 1.73. The zero-order valence-electron chi connectivity index (χ0n) is 11.8. The van der Waals surface area contributed by atoms with Gasteiger partial charge in [-0.25, -0.2) is 0 Å². The SMILES string of the molecule is CC1(Oc2ccc(-c3cccnc3)cc2)CCNCC1. The summed E-state index contributed by atoms with van der Waals surface area (Å²) >= 11 is 0. The lowest BCUT2D eigenvalue weighted by Gasteiger charge is -2.34. The summed E-state index contributed by atoms with van der Waals surface area (Å²) in [6.07, 6.45) is 5.78. The van der Waals surface area contributed by atoms with Crippen LogP contribution in [-0.2, 0) is 0 Å². The molecule has 1 aromatic carbocycles. The van der Waals surface area contributed by atoms with Crippen molar-refractivity contribution in [3.63, 3.8) is 0 Å². The maximum atomic E-state index is 6.18. The van der Waals surface area contributed by atoms with E-state index in [1.54, 1.807) is 6.20 Å². The molecule has 20 heavy (non-hydrogen) atoms. The predicted molar refractivity (Wildman–Crippen MR) is 80.8 cm³/mol. The van der Waals surface area contributed by atoms with E-state index in [4.69, 9.17) is 4.74 Å². The summed E-state index contributed by atoms with van der Waals surface area (Å²) in [5.74, 6) is 0.946. The van der Waals surface area contributed by atoms with Crippen LogP contribution in [0.15, 0.2) is 48.8 Å². The van der Waals surface area contributed by atoms with Crippen molar-refractivity contribution in [1.29, 1.82) is 0 Å². The molecular weight excluding hydrogens is 248 g/mol. The normalized spacial score (nSPS) is 17.6. The predicted octanol–water partition coefficient (Wildman–Crippen LogP) is 3.27. The van der Waals surface area contributed by atoms with Crippen molar-refractivity contribution in [3.8, 4) is 16.9 Å². The second-order valence-electron chi connectivity index (χ2n) is 5.57. The van der Waals surface area contributed by atoms with Gasteiger partial charge in [0.1, 0.15) is 11.4 Å². The molecule has 1 aliphatic rings. The van der Waals surface area contributed by atoms with Gasteiger partial charge in [-0.3, -0.25) is 4.98 Å². The first kappa shape index (κ1) is 13.1. The Kier molecular flexibility index (Phi) is 3.70. The minimum Gasteiger partial charge on any atom is -0.487 e. The Morgan fingerprint density at radius 1 is 1.05 bits per heavy atom. The average molecular weight is 268 g/mol. The Hall–Kier alpha value is -1.87. The molecule has 2 aromatic rings. The summed E-state index contributed by atoms with van der Waals surface area (Å²) in [4.78, 5) is 4.15. The number of nitrogens with one attached hydrogen (secondary N) is 1. The molecule has 3 nitrogen and oxygen atoms in total. The number of hydrogen-bond donors (Lipinski definition) is 1. The zero-order chi connectivity index (χ0) is 13.8. The van der Waals surface area contributed by atoms with Crippen molar-refractivity contribution in [2.45, 2.75) is 25.4 Å². The summed E-state index contributed by atoms with van der Waals surface area (Å²) in [7, 11) is 0. The van der Waals surface area contributed by atoms with Crippen molar-refractivity contribution >= 4 is 0 Å². The molecule has 0 aliphatic carbocycles. The van der Waals surface area contributed by atoms with Crippen LogP contribution >= 0.6 is 0 Å². The minimum atomic E-state index is -0.0406. The van der Waals surface area contributed by atoms with Gasteiger partial charge in [0.2, 0.25) is 0 Å². The van der Waals surface area contributed by atoms with E-state index in [2.05, 4.69) is 47.6 Å². The van der Waals surface area contributed by atoms with Crippen LogP contribution in [0.3, 0.4) is 0 Å². The molecule has 0 atom stereocenters. The van der Waals surface area contributed by atoms with E-state index in [9.17, 15) is 0 Å². The second kappa shape index (κ2) is 5.63. The molecule has 1 N–H and O–H groups in total. The third-order valence-electron chi connectivity index (χ3n) is 3.87. The second-order valence-corrected chi connectivity index (χ2v) is 5.57. The van der Waals surface area contributed by atoms with E-state index < -0.39 is 0 Å². The van der Waals surface area contributed by atoms with Crippen molar-refractivity contribution in [3.05, 3.63) is 48.8 Å². The molecule has 0 spiro atoms. The van der Waals surface area contributed by atoms with Gasteiger partial charge in [-0.05, 0) is 62.2 Å². The first-order valence-corrected chi connectivity index (χ1v) is 7.15. The standard InChI is InChI=1S/C17H20N2O/c1-17(8-11-18-12-9-17)20-16-6-4-14(5-7-16)15-3-2-10-19-13-15/h2-7,10,13,18H,8-9,11-12H2,1H3. The van der Waals surface area contributed by atoms with Crippen LogP contribution in [0, 0.1) is 0 Å². The molecule has 0 bridgehead atoms.